The zero-order chi connectivity index (χ0) is 15.6. The van der Waals surface area contributed by atoms with E-state index < -0.39 is 11.5 Å². The third-order valence-electron chi connectivity index (χ3n) is 3.95. The summed E-state index contributed by atoms with van der Waals surface area (Å²) in [6, 6.07) is 12.0. The number of hydrogen-bond acceptors (Lipinski definition) is 2. The van der Waals surface area contributed by atoms with Crippen LogP contribution in [-0.2, 0) is 5.41 Å². The van der Waals surface area contributed by atoms with Crippen LogP contribution in [0.4, 0.5) is 4.39 Å². The van der Waals surface area contributed by atoms with Crippen LogP contribution in [0.2, 0.25) is 0 Å². The summed E-state index contributed by atoms with van der Waals surface area (Å²) >= 11 is 0. The number of benzene rings is 2. The van der Waals surface area contributed by atoms with E-state index in [0.29, 0.717) is 5.75 Å². The summed E-state index contributed by atoms with van der Waals surface area (Å²) < 4.78 is 18.4. The summed E-state index contributed by atoms with van der Waals surface area (Å²) in [4.78, 5) is 0. The smallest absolute Gasteiger partial charge is 0.124 e. The maximum absolute atomic E-state index is 13.1. The van der Waals surface area contributed by atoms with Gasteiger partial charge in [0.2, 0.25) is 0 Å². The van der Waals surface area contributed by atoms with Crippen molar-refractivity contribution in [1.82, 2.24) is 0 Å². The van der Waals surface area contributed by atoms with E-state index in [2.05, 4.69) is 0 Å². The summed E-state index contributed by atoms with van der Waals surface area (Å²) in [7, 11) is 1.59. The Morgan fingerprint density at radius 3 is 2.29 bits per heavy atom. The van der Waals surface area contributed by atoms with Crippen LogP contribution in [0.5, 0.6) is 5.75 Å². The molecule has 0 radical (unpaired) electrons. The van der Waals surface area contributed by atoms with Gasteiger partial charge in [-0.2, -0.15) is 0 Å². The van der Waals surface area contributed by atoms with E-state index in [4.69, 9.17) is 4.74 Å². The zero-order valence-corrected chi connectivity index (χ0v) is 12.9. The molecular formula is C18H21FO2. The molecule has 1 N–H and O–H groups in total. The summed E-state index contributed by atoms with van der Waals surface area (Å²) in [5.74, 6) is 0.375. The van der Waals surface area contributed by atoms with E-state index in [1.807, 2.05) is 39.0 Å². The van der Waals surface area contributed by atoms with Gasteiger partial charge in [-0.3, -0.25) is 0 Å². The molecule has 1 atom stereocenters. The normalized spacial score (nSPS) is 13.0. The van der Waals surface area contributed by atoms with Gasteiger partial charge in [0, 0.05) is 11.0 Å². The Kier molecular flexibility index (Phi) is 4.33. The van der Waals surface area contributed by atoms with Crippen molar-refractivity contribution < 1.29 is 14.2 Å². The first-order valence-corrected chi connectivity index (χ1v) is 6.95. The van der Waals surface area contributed by atoms with Crippen molar-refractivity contribution in [2.24, 2.45) is 0 Å². The van der Waals surface area contributed by atoms with Crippen LogP contribution < -0.4 is 4.74 Å². The maximum Gasteiger partial charge on any atom is 0.124 e. The third kappa shape index (κ3) is 3.08. The van der Waals surface area contributed by atoms with Gasteiger partial charge in [-0.05, 0) is 36.8 Å². The van der Waals surface area contributed by atoms with Gasteiger partial charge in [0.15, 0.2) is 0 Å². The summed E-state index contributed by atoms with van der Waals surface area (Å²) in [5.41, 5.74) is 2.11. The highest BCUT2D eigenvalue weighted by Crippen LogP contribution is 2.40. The summed E-state index contributed by atoms with van der Waals surface area (Å²) in [5, 5.41) is 10.8. The first kappa shape index (κ1) is 15.5. The lowest BCUT2D eigenvalue weighted by molar-refractivity contribution is 0.0973. The van der Waals surface area contributed by atoms with Gasteiger partial charge in [0.25, 0.3) is 0 Å². The zero-order valence-electron chi connectivity index (χ0n) is 12.9. The predicted molar refractivity (Wildman–Crippen MR) is 82.1 cm³/mol. The molecule has 1 unspecified atom stereocenters. The van der Waals surface area contributed by atoms with Crippen molar-refractivity contribution in [2.45, 2.75) is 32.3 Å². The Morgan fingerprint density at radius 2 is 1.71 bits per heavy atom. The van der Waals surface area contributed by atoms with Crippen molar-refractivity contribution in [3.8, 4) is 5.75 Å². The lowest BCUT2D eigenvalue weighted by Crippen LogP contribution is -2.27. The highest BCUT2D eigenvalue weighted by atomic mass is 19.1. The molecule has 3 heteroatoms. The number of aryl methyl sites for hydroxylation is 1. The summed E-state index contributed by atoms with van der Waals surface area (Å²) in [6.07, 6.45) is -0.752. The highest BCUT2D eigenvalue weighted by molar-refractivity contribution is 5.41. The van der Waals surface area contributed by atoms with Gasteiger partial charge < -0.3 is 9.84 Å². The molecule has 0 aliphatic heterocycles. The van der Waals surface area contributed by atoms with E-state index >= 15 is 0 Å². The Labute approximate surface area is 125 Å². The second kappa shape index (κ2) is 5.86. The van der Waals surface area contributed by atoms with Gasteiger partial charge in [-0.25, -0.2) is 4.39 Å². The SMILES string of the molecule is COc1ccc(C)cc1C(O)C(C)(C)c1ccc(F)cc1. The molecule has 0 spiro atoms. The number of ether oxygens (including phenoxy) is 1. The minimum absolute atomic E-state index is 0.280. The molecule has 0 saturated carbocycles. The Balaban J connectivity index is 2.44. The van der Waals surface area contributed by atoms with E-state index in [-0.39, 0.29) is 5.82 Å². The first-order chi connectivity index (χ1) is 9.86. The lowest BCUT2D eigenvalue weighted by Gasteiger charge is -2.32. The molecule has 21 heavy (non-hydrogen) atoms. The molecule has 112 valence electrons. The molecule has 0 saturated heterocycles. The molecule has 0 aliphatic carbocycles. The molecule has 2 rings (SSSR count). The molecule has 0 heterocycles. The van der Waals surface area contributed by atoms with Crippen molar-refractivity contribution in [1.29, 1.82) is 0 Å². The van der Waals surface area contributed by atoms with Crippen molar-refractivity contribution in [3.05, 3.63) is 65.0 Å². The van der Waals surface area contributed by atoms with Crippen LogP contribution in [0.15, 0.2) is 42.5 Å². The van der Waals surface area contributed by atoms with E-state index in [0.717, 1.165) is 16.7 Å². The van der Waals surface area contributed by atoms with Gasteiger partial charge in [0.1, 0.15) is 11.6 Å². The topological polar surface area (TPSA) is 29.5 Å². The molecule has 0 bridgehead atoms. The molecule has 2 aromatic carbocycles. The predicted octanol–water partition coefficient (Wildman–Crippen LogP) is 4.15. The number of methoxy groups -OCH3 is 1. The van der Waals surface area contributed by atoms with Crippen molar-refractivity contribution in [3.63, 3.8) is 0 Å². The minimum atomic E-state index is -0.752. The molecule has 2 nitrogen and oxygen atoms in total. The molecule has 0 aliphatic rings. The van der Waals surface area contributed by atoms with Crippen LogP contribution in [0.25, 0.3) is 0 Å². The fraction of sp³-hybridized carbons (Fsp3) is 0.333. The Morgan fingerprint density at radius 1 is 1.10 bits per heavy atom. The average Bonchev–Trinajstić information content (AvgIpc) is 2.46. The standard InChI is InChI=1S/C18H21FO2/c1-12-5-10-16(21-4)15(11-12)17(20)18(2,3)13-6-8-14(19)9-7-13/h5-11,17,20H,1-4H3. The van der Waals surface area contributed by atoms with Gasteiger partial charge in [-0.1, -0.05) is 37.6 Å². The first-order valence-electron chi connectivity index (χ1n) is 6.95. The number of aliphatic hydroxyl groups is 1. The Bertz CT molecular complexity index is 618. The van der Waals surface area contributed by atoms with Crippen molar-refractivity contribution >= 4 is 0 Å². The fourth-order valence-corrected chi connectivity index (χ4v) is 2.49. The van der Waals surface area contributed by atoms with Crippen LogP contribution in [0, 0.1) is 12.7 Å². The summed E-state index contributed by atoms with van der Waals surface area (Å²) in [6.45, 7) is 5.85. The van der Waals surface area contributed by atoms with Gasteiger partial charge in [-0.15, -0.1) is 0 Å². The monoisotopic (exact) mass is 288 g/mol. The number of hydrogen-bond donors (Lipinski definition) is 1. The van der Waals surface area contributed by atoms with Crippen LogP contribution in [0.3, 0.4) is 0 Å². The van der Waals surface area contributed by atoms with Crippen LogP contribution >= 0.6 is 0 Å². The molecular weight excluding hydrogens is 267 g/mol. The lowest BCUT2D eigenvalue weighted by atomic mass is 9.76. The Hall–Kier alpha value is -1.87. The minimum Gasteiger partial charge on any atom is -0.496 e. The quantitative estimate of drug-likeness (QED) is 0.915. The van der Waals surface area contributed by atoms with Gasteiger partial charge >= 0.3 is 0 Å². The fourth-order valence-electron chi connectivity index (χ4n) is 2.49. The molecule has 0 amide bonds. The average molecular weight is 288 g/mol. The van der Waals surface area contributed by atoms with Crippen LogP contribution in [0.1, 0.15) is 36.6 Å². The van der Waals surface area contributed by atoms with Crippen LogP contribution in [-0.4, -0.2) is 12.2 Å². The molecule has 0 aromatic heterocycles. The number of rotatable bonds is 4. The second-order valence-corrected chi connectivity index (χ2v) is 5.88. The second-order valence-electron chi connectivity index (χ2n) is 5.88. The number of halogens is 1. The highest BCUT2D eigenvalue weighted by Gasteiger charge is 2.33. The third-order valence-corrected chi connectivity index (χ3v) is 3.95. The number of aliphatic hydroxyl groups excluding tert-OH is 1. The van der Waals surface area contributed by atoms with E-state index in [9.17, 15) is 9.50 Å². The van der Waals surface area contributed by atoms with E-state index in [1.165, 1.54) is 12.1 Å². The maximum atomic E-state index is 13.1. The largest absolute Gasteiger partial charge is 0.496 e. The van der Waals surface area contributed by atoms with Crippen molar-refractivity contribution in [2.75, 3.05) is 7.11 Å². The van der Waals surface area contributed by atoms with E-state index in [1.54, 1.807) is 19.2 Å². The molecule has 2 aromatic rings. The molecule has 0 fully saturated rings. The van der Waals surface area contributed by atoms with Gasteiger partial charge in [0.05, 0.1) is 13.2 Å².